The van der Waals surface area contributed by atoms with Crippen LogP contribution in [0.3, 0.4) is 0 Å². The number of aryl methyl sites for hydroxylation is 1. The largest absolute Gasteiger partial charge is 0.343 e. The second-order valence-electron chi connectivity index (χ2n) is 8.09. The van der Waals surface area contributed by atoms with Crippen molar-refractivity contribution < 1.29 is 10.0 Å². The number of nitrogens with one attached hydrogen (secondary N) is 3. The number of fused-ring (bicyclic) bond motifs is 2. The summed E-state index contributed by atoms with van der Waals surface area (Å²) < 4.78 is 2.14. The molecule has 0 radical (unpaired) electrons. The lowest BCUT2D eigenvalue weighted by Crippen LogP contribution is -2.26. The van der Waals surface area contributed by atoms with Crippen LogP contribution in [0.5, 0.6) is 0 Å². The van der Waals surface area contributed by atoms with Crippen LogP contribution < -0.4 is 5.48 Å². The zero-order chi connectivity index (χ0) is 22.1. The van der Waals surface area contributed by atoms with Gasteiger partial charge in [0.15, 0.2) is 0 Å². The number of hydrogen-bond acceptors (Lipinski definition) is 5. The number of rotatable bonds is 7. The van der Waals surface area contributed by atoms with Gasteiger partial charge in [0.2, 0.25) is 5.91 Å². The molecule has 9 heteroatoms. The fourth-order valence-electron chi connectivity index (χ4n) is 4.38. The number of amides is 1. The smallest absolute Gasteiger partial charge is 0.222 e. The van der Waals surface area contributed by atoms with Crippen LogP contribution in [-0.2, 0) is 17.8 Å². The van der Waals surface area contributed by atoms with E-state index in [4.69, 9.17) is 20.6 Å². The number of H-pyrrole nitrogens is 1. The SMILES string of the molecule is N=C(NO)c1ccc2nc(Cc3nc4ccccc4[nH]3)n(CCCN3CCCC3=O)c2c1. The van der Waals surface area contributed by atoms with Crippen molar-refractivity contribution in [1.29, 1.82) is 5.41 Å². The number of benzene rings is 2. The highest BCUT2D eigenvalue weighted by atomic mass is 16.5. The Labute approximate surface area is 184 Å². The van der Waals surface area contributed by atoms with Crippen LogP contribution in [0.4, 0.5) is 0 Å². The third-order valence-corrected chi connectivity index (χ3v) is 5.97. The molecule has 2 aromatic carbocycles. The Morgan fingerprint density at radius 2 is 2.03 bits per heavy atom. The van der Waals surface area contributed by atoms with Crippen LogP contribution in [-0.4, -0.2) is 54.5 Å². The van der Waals surface area contributed by atoms with E-state index in [0.717, 1.165) is 59.6 Å². The highest BCUT2D eigenvalue weighted by Crippen LogP contribution is 2.22. The van der Waals surface area contributed by atoms with Gasteiger partial charge in [-0.15, -0.1) is 0 Å². The lowest BCUT2D eigenvalue weighted by molar-refractivity contribution is -0.127. The number of imidazole rings is 2. The summed E-state index contributed by atoms with van der Waals surface area (Å²) in [7, 11) is 0. The van der Waals surface area contributed by atoms with Crippen molar-refractivity contribution >= 4 is 33.8 Å². The maximum Gasteiger partial charge on any atom is 0.222 e. The zero-order valence-electron chi connectivity index (χ0n) is 17.6. The highest BCUT2D eigenvalue weighted by Gasteiger charge is 2.20. The van der Waals surface area contributed by atoms with Crippen molar-refractivity contribution in [2.24, 2.45) is 0 Å². The molecule has 4 N–H and O–H groups in total. The van der Waals surface area contributed by atoms with Crippen LogP contribution >= 0.6 is 0 Å². The summed E-state index contributed by atoms with van der Waals surface area (Å²) in [5, 5.41) is 17.0. The van der Waals surface area contributed by atoms with Crippen molar-refractivity contribution in [1.82, 2.24) is 29.9 Å². The molecule has 9 nitrogen and oxygen atoms in total. The number of aromatic amines is 1. The van der Waals surface area contributed by atoms with Crippen molar-refractivity contribution in [3.63, 3.8) is 0 Å². The summed E-state index contributed by atoms with van der Waals surface area (Å²) in [6.07, 6.45) is 2.93. The molecule has 4 aromatic rings. The monoisotopic (exact) mass is 431 g/mol. The van der Waals surface area contributed by atoms with Crippen LogP contribution in [0.2, 0.25) is 0 Å². The molecule has 0 unspecified atom stereocenters. The minimum Gasteiger partial charge on any atom is -0.343 e. The van der Waals surface area contributed by atoms with E-state index < -0.39 is 0 Å². The Hall–Kier alpha value is -3.72. The summed E-state index contributed by atoms with van der Waals surface area (Å²) in [6, 6.07) is 13.4. The van der Waals surface area contributed by atoms with Gasteiger partial charge in [-0.2, -0.15) is 0 Å². The van der Waals surface area contributed by atoms with E-state index in [0.29, 0.717) is 24.9 Å². The van der Waals surface area contributed by atoms with Crippen molar-refractivity contribution in [3.8, 4) is 0 Å². The van der Waals surface area contributed by atoms with Crippen molar-refractivity contribution in [2.75, 3.05) is 13.1 Å². The van der Waals surface area contributed by atoms with Crippen molar-refractivity contribution in [2.45, 2.75) is 32.2 Å². The van der Waals surface area contributed by atoms with E-state index in [9.17, 15) is 4.79 Å². The van der Waals surface area contributed by atoms with E-state index >= 15 is 0 Å². The first-order valence-electron chi connectivity index (χ1n) is 10.8. The Balaban J connectivity index is 1.47. The van der Waals surface area contributed by atoms with E-state index in [-0.39, 0.29) is 11.7 Å². The van der Waals surface area contributed by atoms with Gasteiger partial charge in [-0.1, -0.05) is 12.1 Å². The van der Waals surface area contributed by atoms with Gasteiger partial charge < -0.3 is 14.5 Å². The second-order valence-corrected chi connectivity index (χ2v) is 8.09. The predicted octanol–water partition coefficient (Wildman–Crippen LogP) is 2.82. The standard InChI is InChI=1S/C23H25N7O2/c24-23(28-32)15-8-9-18-19(13-15)30(12-4-11-29-10-3-7-22(29)31)21(27-18)14-20-25-16-5-1-2-6-17(16)26-20/h1-2,5-6,8-9,13,32H,3-4,7,10-12,14H2,(H2,24,28)(H,25,26). The predicted molar refractivity (Wildman–Crippen MR) is 121 cm³/mol. The molecular weight excluding hydrogens is 406 g/mol. The molecule has 0 saturated carbocycles. The second kappa shape index (κ2) is 8.43. The Bertz CT molecular complexity index is 1270. The van der Waals surface area contributed by atoms with E-state index in [2.05, 4.69) is 9.55 Å². The average Bonchev–Trinajstić information content (AvgIpc) is 3.50. The van der Waals surface area contributed by atoms with Crippen LogP contribution in [0, 0.1) is 5.41 Å². The minimum atomic E-state index is -0.0684. The maximum atomic E-state index is 12.0. The highest BCUT2D eigenvalue weighted by molar-refractivity contribution is 5.98. The first-order chi connectivity index (χ1) is 15.6. The molecule has 1 aliphatic heterocycles. The summed E-state index contributed by atoms with van der Waals surface area (Å²) in [5.41, 5.74) is 6.10. The average molecular weight is 432 g/mol. The van der Waals surface area contributed by atoms with Gasteiger partial charge in [-0.25, -0.2) is 9.97 Å². The fraction of sp³-hybridized carbons (Fsp3) is 0.304. The zero-order valence-corrected chi connectivity index (χ0v) is 17.6. The lowest BCUT2D eigenvalue weighted by Gasteiger charge is -2.16. The number of aromatic nitrogens is 4. The van der Waals surface area contributed by atoms with Gasteiger partial charge in [-0.3, -0.25) is 20.9 Å². The summed E-state index contributed by atoms with van der Waals surface area (Å²) >= 11 is 0. The first-order valence-corrected chi connectivity index (χ1v) is 10.8. The van der Waals surface area contributed by atoms with Crippen LogP contribution in [0.25, 0.3) is 22.1 Å². The molecule has 1 saturated heterocycles. The molecule has 0 bridgehead atoms. The Kier molecular flexibility index (Phi) is 5.32. The number of carbonyl (C=O) groups excluding carboxylic acids is 1. The molecule has 5 rings (SSSR count). The summed E-state index contributed by atoms with van der Waals surface area (Å²) in [6.45, 7) is 2.24. The number of hydrogen-bond donors (Lipinski definition) is 4. The van der Waals surface area contributed by atoms with Crippen LogP contribution in [0.15, 0.2) is 42.5 Å². The van der Waals surface area contributed by atoms with Crippen molar-refractivity contribution in [3.05, 3.63) is 59.7 Å². The number of amidine groups is 1. The molecule has 1 fully saturated rings. The number of nitrogens with zero attached hydrogens (tertiary/aromatic N) is 4. The maximum absolute atomic E-state index is 12.0. The molecule has 1 aliphatic rings. The molecule has 2 aromatic heterocycles. The quantitative estimate of drug-likeness (QED) is 0.204. The molecule has 164 valence electrons. The van der Waals surface area contributed by atoms with E-state index in [1.54, 1.807) is 6.07 Å². The van der Waals surface area contributed by atoms with E-state index in [1.165, 1.54) is 0 Å². The number of carbonyl (C=O) groups is 1. The summed E-state index contributed by atoms with van der Waals surface area (Å²) in [5.74, 6) is 1.86. The first kappa shape index (κ1) is 20.2. The molecule has 1 amide bonds. The number of likely N-dealkylation sites (tertiary alicyclic amines) is 1. The fourth-order valence-corrected chi connectivity index (χ4v) is 4.38. The van der Waals surface area contributed by atoms with Crippen LogP contribution in [0.1, 0.15) is 36.5 Å². The third kappa shape index (κ3) is 3.82. The molecular formula is C23H25N7O2. The topological polar surface area (TPSA) is 123 Å². The molecule has 0 aliphatic carbocycles. The van der Waals surface area contributed by atoms with E-state index in [1.807, 2.05) is 46.8 Å². The van der Waals surface area contributed by atoms with Gasteiger partial charge in [0.1, 0.15) is 17.5 Å². The molecule has 3 heterocycles. The minimum absolute atomic E-state index is 0.0684. The van der Waals surface area contributed by atoms with Gasteiger partial charge >= 0.3 is 0 Å². The number of hydroxylamine groups is 1. The Morgan fingerprint density at radius 3 is 2.81 bits per heavy atom. The van der Waals surface area contributed by atoms with Gasteiger partial charge in [0, 0.05) is 31.6 Å². The molecule has 0 spiro atoms. The Morgan fingerprint density at radius 1 is 1.16 bits per heavy atom. The van der Waals surface area contributed by atoms with Gasteiger partial charge in [-0.05, 0) is 43.2 Å². The summed E-state index contributed by atoms with van der Waals surface area (Å²) in [4.78, 5) is 26.8. The molecule has 0 atom stereocenters. The van der Waals surface area contributed by atoms with Gasteiger partial charge in [0.05, 0.1) is 28.5 Å². The normalized spacial score (nSPS) is 14.0. The molecule has 32 heavy (non-hydrogen) atoms. The lowest BCUT2D eigenvalue weighted by atomic mass is 10.2. The van der Waals surface area contributed by atoms with Gasteiger partial charge in [0.25, 0.3) is 0 Å². The number of para-hydroxylation sites is 2. The third-order valence-electron chi connectivity index (χ3n) is 5.97.